The monoisotopic (exact) mass is 485 g/mol. The second kappa shape index (κ2) is 10.8. The molecule has 0 radical (unpaired) electrons. The molecule has 1 atom stereocenters. The van der Waals surface area contributed by atoms with Crippen molar-refractivity contribution in [2.24, 2.45) is 0 Å². The van der Waals surface area contributed by atoms with E-state index in [1.807, 2.05) is 61.5 Å². The van der Waals surface area contributed by atoms with Crippen molar-refractivity contribution in [2.45, 2.75) is 64.2 Å². The van der Waals surface area contributed by atoms with Crippen molar-refractivity contribution in [3.63, 3.8) is 0 Å². The zero-order chi connectivity index (χ0) is 24.9. The lowest BCUT2D eigenvalue weighted by atomic mass is 9.94. The van der Waals surface area contributed by atoms with Gasteiger partial charge in [0.15, 0.2) is 0 Å². The van der Waals surface area contributed by atoms with E-state index in [1.54, 1.807) is 21.9 Å². The maximum absolute atomic E-state index is 13.9. The normalized spacial score (nSPS) is 15.0. The minimum absolute atomic E-state index is 0.0414. The lowest BCUT2D eigenvalue weighted by molar-refractivity contribution is -0.142. The molecule has 1 fully saturated rings. The summed E-state index contributed by atoms with van der Waals surface area (Å²) < 4.78 is 7.19. The molecule has 8 heteroatoms. The molecule has 5 rings (SSSR count). The van der Waals surface area contributed by atoms with Gasteiger partial charge in [0.1, 0.15) is 23.9 Å². The fraction of sp³-hybridized carbons (Fsp3) is 0.357. The van der Waals surface area contributed by atoms with Gasteiger partial charge in [0.05, 0.1) is 18.3 Å². The van der Waals surface area contributed by atoms with Gasteiger partial charge in [-0.05, 0) is 55.2 Å². The van der Waals surface area contributed by atoms with E-state index >= 15 is 0 Å². The Balaban J connectivity index is 1.51. The molecule has 36 heavy (non-hydrogen) atoms. The Morgan fingerprint density at radius 3 is 2.61 bits per heavy atom. The molecule has 0 bridgehead atoms. The molecule has 2 aromatic heterocycles. The highest BCUT2D eigenvalue weighted by Gasteiger charge is 2.34. The third-order valence-corrected chi connectivity index (χ3v) is 6.93. The van der Waals surface area contributed by atoms with E-state index in [0.29, 0.717) is 11.3 Å². The highest BCUT2D eigenvalue weighted by molar-refractivity contribution is 5.89. The highest BCUT2D eigenvalue weighted by atomic mass is 16.3. The van der Waals surface area contributed by atoms with Gasteiger partial charge >= 0.3 is 0 Å². The Morgan fingerprint density at radius 1 is 1.06 bits per heavy atom. The van der Waals surface area contributed by atoms with Crippen LogP contribution in [0.3, 0.4) is 0 Å². The minimum Gasteiger partial charge on any atom is -0.467 e. The van der Waals surface area contributed by atoms with Gasteiger partial charge in [0.2, 0.25) is 11.8 Å². The van der Waals surface area contributed by atoms with Gasteiger partial charge in [-0.3, -0.25) is 9.59 Å². The summed E-state index contributed by atoms with van der Waals surface area (Å²) >= 11 is 0. The number of carbonyl (C=O) groups is 2. The number of aryl methyl sites for hydroxylation is 1. The average molecular weight is 486 g/mol. The van der Waals surface area contributed by atoms with Crippen LogP contribution in [-0.4, -0.2) is 37.7 Å². The van der Waals surface area contributed by atoms with E-state index in [4.69, 9.17) is 4.42 Å². The summed E-state index contributed by atoms with van der Waals surface area (Å²) in [7, 11) is 0. The number of para-hydroxylation sites is 1. The minimum atomic E-state index is -0.805. The summed E-state index contributed by atoms with van der Waals surface area (Å²) in [5.74, 6) is 0.199. The van der Waals surface area contributed by atoms with Crippen LogP contribution >= 0.6 is 0 Å². The van der Waals surface area contributed by atoms with Crippen molar-refractivity contribution in [2.75, 3.05) is 0 Å². The van der Waals surface area contributed by atoms with Crippen LogP contribution in [0.4, 0.5) is 0 Å². The van der Waals surface area contributed by atoms with Crippen molar-refractivity contribution in [3.05, 3.63) is 83.8 Å². The number of rotatable bonds is 8. The first kappa shape index (κ1) is 23.8. The Morgan fingerprint density at radius 2 is 1.83 bits per heavy atom. The summed E-state index contributed by atoms with van der Waals surface area (Å²) in [4.78, 5) is 29.4. The molecule has 8 nitrogen and oxygen atoms in total. The van der Waals surface area contributed by atoms with Crippen molar-refractivity contribution in [1.82, 2.24) is 25.2 Å². The van der Waals surface area contributed by atoms with Crippen LogP contribution in [0.25, 0.3) is 11.0 Å². The van der Waals surface area contributed by atoms with Crippen molar-refractivity contribution >= 4 is 22.8 Å². The van der Waals surface area contributed by atoms with Gasteiger partial charge in [-0.15, -0.1) is 5.10 Å². The van der Waals surface area contributed by atoms with E-state index in [0.717, 1.165) is 42.3 Å². The maximum Gasteiger partial charge on any atom is 0.247 e. The molecular weight excluding hydrogens is 454 g/mol. The zero-order valence-corrected chi connectivity index (χ0v) is 20.5. The largest absolute Gasteiger partial charge is 0.467 e. The SMILES string of the molecule is Cc1ccccc1[C@@H](C(=O)NC1CCCCC1)N(Cc1ccco1)C(=O)Cn1nnc2ccccc21. The van der Waals surface area contributed by atoms with Crippen LogP contribution < -0.4 is 5.32 Å². The molecule has 1 N–H and O–H groups in total. The van der Waals surface area contributed by atoms with Gasteiger partial charge in [-0.2, -0.15) is 0 Å². The molecule has 0 aliphatic heterocycles. The molecule has 1 aliphatic rings. The van der Waals surface area contributed by atoms with Crippen LogP contribution in [0.15, 0.2) is 71.3 Å². The topological polar surface area (TPSA) is 93.3 Å². The number of hydrogen-bond acceptors (Lipinski definition) is 5. The molecule has 186 valence electrons. The smallest absolute Gasteiger partial charge is 0.247 e. The maximum atomic E-state index is 13.9. The molecule has 1 aliphatic carbocycles. The molecule has 0 saturated heterocycles. The van der Waals surface area contributed by atoms with Crippen molar-refractivity contribution in [3.8, 4) is 0 Å². The van der Waals surface area contributed by atoms with Gasteiger partial charge < -0.3 is 14.6 Å². The number of fused-ring (bicyclic) bond motifs is 1. The summed E-state index contributed by atoms with van der Waals surface area (Å²) in [6.45, 7) is 2.09. The van der Waals surface area contributed by atoms with Crippen LogP contribution in [0, 0.1) is 6.92 Å². The Labute approximate surface area is 210 Å². The first-order valence-electron chi connectivity index (χ1n) is 12.6. The van der Waals surface area contributed by atoms with E-state index in [-0.39, 0.29) is 30.9 Å². The van der Waals surface area contributed by atoms with Crippen LogP contribution in [0.2, 0.25) is 0 Å². The molecule has 1 saturated carbocycles. The summed E-state index contributed by atoms with van der Waals surface area (Å²) in [5.41, 5.74) is 3.23. The molecule has 0 unspecified atom stereocenters. The van der Waals surface area contributed by atoms with Gasteiger partial charge in [-0.25, -0.2) is 4.68 Å². The first-order chi connectivity index (χ1) is 17.6. The number of aromatic nitrogens is 3. The standard InChI is InChI=1S/C28H31N5O3/c1-20-10-5-6-14-23(20)27(28(35)29-21-11-3-2-4-12-21)32(18-22-13-9-17-36-22)26(34)19-33-25-16-8-7-15-24(25)30-31-33/h5-10,13-17,21,27H,2-4,11-12,18-19H2,1H3,(H,29,35)/t27-/m0/s1. The fourth-order valence-corrected chi connectivity index (χ4v) is 5.02. The number of furan rings is 1. The van der Waals surface area contributed by atoms with Crippen molar-refractivity contribution in [1.29, 1.82) is 0 Å². The number of nitrogens with zero attached hydrogens (tertiary/aromatic N) is 4. The molecule has 2 heterocycles. The number of benzene rings is 2. The Bertz CT molecular complexity index is 1320. The third kappa shape index (κ3) is 5.17. The van der Waals surface area contributed by atoms with Crippen LogP contribution in [0.1, 0.15) is 55.0 Å². The average Bonchev–Trinajstić information content (AvgIpc) is 3.55. The molecule has 0 spiro atoms. The van der Waals surface area contributed by atoms with Crippen LogP contribution in [0.5, 0.6) is 0 Å². The fourth-order valence-electron chi connectivity index (χ4n) is 5.02. The highest BCUT2D eigenvalue weighted by Crippen LogP contribution is 2.28. The Kier molecular flexibility index (Phi) is 7.11. The second-order valence-electron chi connectivity index (χ2n) is 9.44. The number of amides is 2. The molecule has 4 aromatic rings. The zero-order valence-electron chi connectivity index (χ0n) is 20.5. The van der Waals surface area contributed by atoms with E-state index < -0.39 is 6.04 Å². The number of nitrogens with one attached hydrogen (secondary N) is 1. The predicted molar refractivity (Wildman–Crippen MR) is 136 cm³/mol. The molecular formula is C28H31N5O3. The molecule has 2 aromatic carbocycles. The molecule has 2 amide bonds. The van der Waals surface area contributed by atoms with Gasteiger partial charge in [-0.1, -0.05) is 60.9 Å². The quantitative estimate of drug-likeness (QED) is 0.395. The summed E-state index contributed by atoms with van der Waals surface area (Å²) in [5, 5.41) is 11.6. The lowest BCUT2D eigenvalue weighted by Gasteiger charge is -2.33. The lowest BCUT2D eigenvalue weighted by Crippen LogP contribution is -2.47. The van der Waals surface area contributed by atoms with Crippen molar-refractivity contribution < 1.29 is 14.0 Å². The van der Waals surface area contributed by atoms with E-state index in [2.05, 4.69) is 15.6 Å². The van der Waals surface area contributed by atoms with Gasteiger partial charge in [0.25, 0.3) is 0 Å². The first-order valence-corrected chi connectivity index (χ1v) is 12.6. The Hall–Kier alpha value is -3.94. The predicted octanol–water partition coefficient (Wildman–Crippen LogP) is 4.55. The van der Waals surface area contributed by atoms with Crippen LogP contribution in [-0.2, 0) is 22.7 Å². The number of carbonyl (C=O) groups excluding carboxylic acids is 2. The third-order valence-electron chi connectivity index (χ3n) is 6.93. The summed E-state index contributed by atoms with van der Waals surface area (Å²) in [6, 6.07) is 18.2. The second-order valence-corrected chi connectivity index (χ2v) is 9.44. The van der Waals surface area contributed by atoms with E-state index in [1.165, 1.54) is 6.42 Å². The summed E-state index contributed by atoms with van der Waals surface area (Å²) in [6.07, 6.45) is 6.91. The van der Waals surface area contributed by atoms with E-state index in [9.17, 15) is 9.59 Å². The number of hydrogen-bond donors (Lipinski definition) is 1. The van der Waals surface area contributed by atoms with Gasteiger partial charge in [0, 0.05) is 6.04 Å².